The fraction of sp³-hybridized carbons (Fsp3) is 0.588. The molecule has 20 heavy (non-hydrogen) atoms. The molecule has 110 valence electrons. The molecule has 1 saturated carbocycles. The normalized spacial score (nSPS) is 15.6. The molecule has 1 aliphatic carbocycles. The monoisotopic (exact) mass is 274 g/mol. The number of benzene rings is 1. The number of nitrogens with zero attached hydrogens (tertiary/aromatic N) is 1. The maximum atomic E-state index is 12.2. The Balaban J connectivity index is 1.98. The Labute approximate surface area is 122 Å². The van der Waals surface area contributed by atoms with Crippen molar-refractivity contribution >= 4 is 11.6 Å². The summed E-state index contributed by atoms with van der Waals surface area (Å²) in [5.41, 5.74) is 2.36. The fourth-order valence-corrected chi connectivity index (χ4v) is 2.81. The van der Waals surface area contributed by atoms with Crippen LogP contribution in [0.5, 0.6) is 0 Å². The van der Waals surface area contributed by atoms with E-state index in [0.29, 0.717) is 18.6 Å². The van der Waals surface area contributed by atoms with Gasteiger partial charge in [-0.2, -0.15) is 0 Å². The first-order valence-corrected chi connectivity index (χ1v) is 7.69. The van der Waals surface area contributed by atoms with Crippen LogP contribution in [0, 0.1) is 6.92 Å². The maximum Gasteiger partial charge on any atom is 0.239 e. The summed E-state index contributed by atoms with van der Waals surface area (Å²) < 4.78 is 0. The van der Waals surface area contributed by atoms with Crippen molar-refractivity contribution in [3.8, 4) is 0 Å². The van der Waals surface area contributed by atoms with E-state index in [9.17, 15) is 4.79 Å². The van der Waals surface area contributed by atoms with Gasteiger partial charge in [0.15, 0.2) is 0 Å². The van der Waals surface area contributed by atoms with Gasteiger partial charge in [-0.05, 0) is 45.7 Å². The Kier molecular flexibility index (Phi) is 5.05. The van der Waals surface area contributed by atoms with Crippen molar-refractivity contribution in [1.29, 1.82) is 0 Å². The first-order valence-electron chi connectivity index (χ1n) is 7.69. The average Bonchev–Trinajstić information content (AvgIpc) is 2.90. The molecular formula is C17H26N2O. The van der Waals surface area contributed by atoms with Crippen LogP contribution in [0.3, 0.4) is 0 Å². The molecule has 0 aromatic heterocycles. The first kappa shape index (κ1) is 14.9. The Morgan fingerprint density at radius 3 is 2.40 bits per heavy atom. The summed E-state index contributed by atoms with van der Waals surface area (Å²) in [7, 11) is 0. The van der Waals surface area contributed by atoms with Crippen LogP contribution in [0.25, 0.3) is 0 Å². The zero-order chi connectivity index (χ0) is 14.5. The molecule has 0 bridgehead atoms. The number of anilines is 1. The minimum atomic E-state index is 0.145. The van der Waals surface area contributed by atoms with Gasteiger partial charge in [0.05, 0.1) is 6.54 Å². The molecule has 0 spiro atoms. The number of nitrogens with one attached hydrogen (secondary N) is 1. The van der Waals surface area contributed by atoms with Crippen LogP contribution in [0.4, 0.5) is 5.69 Å². The van der Waals surface area contributed by atoms with Crippen molar-refractivity contribution in [1.82, 2.24) is 5.32 Å². The van der Waals surface area contributed by atoms with E-state index in [1.807, 2.05) is 0 Å². The molecule has 3 heteroatoms. The Bertz CT molecular complexity index is 433. The smallest absolute Gasteiger partial charge is 0.239 e. The van der Waals surface area contributed by atoms with Crippen LogP contribution in [-0.2, 0) is 4.79 Å². The van der Waals surface area contributed by atoms with Crippen LogP contribution in [0.1, 0.15) is 45.1 Å². The highest BCUT2D eigenvalue weighted by atomic mass is 16.2. The predicted molar refractivity (Wildman–Crippen MR) is 84.1 cm³/mol. The van der Waals surface area contributed by atoms with Crippen molar-refractivity contribution in [2.24, 2.45) is 0 Å². The summed E-state index contributed by atoms with van der Waals surface area (Å²) in [6.07, 6.45) is 4.77. The molecule has 0 radical (unpaired) electrons. The second-order valence-electron chi connectivity index (χ2n) is 6.11. The molecule has 1 aromatic rings. The van der Waals surface area contributed by atoms with E-state index < -0.39 is 0 Å². The zero-order valence-electron chi connectivity index (χ0n) is 12.9. The quantitative estimate of drug-likeness (QED) is 0.893. The van der Waals surface area contributed by atoms with E-state index in [1.54, 1.807) is 0 Å². The highest BCUT2D eigenvalue weighted by Gasteiger charge is 2.20. The number of carbonyl (C=O) groups excluding carboxylic acids is 1. The average molecular weight is 274 g/mol. The number of amides is 1. The SMILES string of the molecule is Cc1ccc(N(CC(=O)NC2CCCC2)C(C)C)cc1. The molecule has 0 heterocycles. The molecule has 0 saturated heterocycles. The summed E-state index contributed by atoms with van der Waals surface area (Å²) in [6, 6.07) is 9.09. The third kappa shape index (κ3) is 3.99. The molecular weight excluding hydrogens is 248 g/mol. The highest BCUT2D eigenvalue weighted by Crippen LogP contribution is 2.19. The van der Waals surface area contributed by atoms with Crippen LogP contribution < -0.4 is 10.2 Å². The summed E-state index contributed by atoms with van der Waals surface area (Å²) in [4.78, 5) is 14.4. The predicted octanol–water partition coefficient (Wildman–Crippen LogP) is 3.27. The molecule has 2 rings (SSSR count). The van der Waals surface area contributed by atoms with E-state index in [1.165, 1.54) is 18.4 Å². The Morgan fingerprint density at radius 2 is 1.85 bits per heavy atom. The lowest BCUT2D eigenvalue weighted by atomic mass is 10.2. The van der Waals surface area contributed by atoms with Gasteiger partial charge in [-0.25, -0.2) is 0 Å². The van der Waals surface area contributed by atoms with Gasteiger partial charge in [0.2, 0.25) is 5.91 Å². The Morgan fingerprint density at radius 1 is 1.25 bits per heavy atom. The van der Waals surface area contributed by atoms with Gasteiger partial charge in [-0.15, -0.1) is 0 Å². The van der Waals surface area contributed by atoms with Crippen LogP contribution in [0.2, 0.25) is 0 Å². The van der Waals surface area contributed by atoms with Crippen molar-refractivity contribution < 1.29 is 4.79 Å². The molecule has 1 fully saturated rings. The Hall–Kier alpha value is -1.51. The van der Waals surface area contributed by atoms with E-state index in [2.05, 4.69) is 55.3 Å². The zero-order valence-corrected chi connectivity index (χ0v) is 12.9. The first-order chi connectivity index (χ1) is 9.56. The largest absolute Gasteiger partial charge is 0.360 e. The third-order valence-electron chi connectivity index (χ3n) is 4.02. The second-order valence-corrected chi connectivity index (χ2v) is 6.11. The maximum absolute atomic E-state index is 12.2. The van der Waals surface area contributed by atoms with Gasteiger partial charge in [0, 0.05) is 17.8 Å². The fourth-order valence-electron chi connectivity index (χ4n) is 2.81. The van der Waals surface area contributed by atoms with Crippen molar-refractivity contribution in [2.75, 3.05) is 11.4 Å². The summed E-state index contributed by atoms with van der Waals surface area (Å²) in [6.45, 7) is 6.78. The number of hydrogen-bond donors (Lipinski definition) is 1. The molecule has 1 amide bonds. The van der Waals surface area contributed by atoms with Gasteiger partial charge in [0.1, 0.15) is 0 Å². The lowest BCUT2D eigenvalue weighted by molar-refractivity contribution is -0.120. The molecule has 0 unspecified atom stereocenters. The molecule has 1 N–H and O–H groups in total. The van der Waals surface area contributed by atoms with Gasteiger partial charge in [0.25, 0.3) is 0 Å². The summed E-state index contributed by atoms with van der Waals surface area (Å²) in [5.74, 6) is 0.145. The number of hydrogen-bond acceptors (Lipinski definition) is 2. The van der Waals surface area contributed by atoms with Crippen molar-refractivity contribution in [3.63, 3.8) is 0 Å². The number of rotatable bonds is 5. The van der Waals surface area contributed by atoms with Gasteiger partial charge in [-0.3, -0.25) is 4.79 Å². The molecule has 1 aliphatic rings. The van der Waals surface area contributed by atoms with E-state index in [0.717, 1.165) is 18.5 Å². The summed E-state index contributed by atoms with van der Waals surface area (Å²) in [5, 5.41) is 3.16. The number of aryl methyl sites for hydroxylation is 1. The van der Waals surface area contributed by atoms with Crippen LogP contribution in [-0.4, -0.2) is 24.5 Å². The molecule has 0 atom stereocenters. The van der Waals surface area contributed by atoms with E-state index in [4.69, 9.17) is 0 Å². The van der Waals surface area contributed by atoms with Crippen molar-refractivity contribution in [3.05, 3.63) is 29.8 Å². The van der Waals surface area contributed by atoms with Gasteiger partial charge >= 0.3 is 0 Å². The lowest BCUT2D eigenvalue weighted by Gasteiger charge is -2.29. The standard InChI is InChI=1S/C17H26N2O/c1-13(2)19(16-10-8-14(3)9-11-16)12-17(20)18-15-6-4-5-7-15/h8-11,13,15H,4-7,12H2,1-3H3,(H,18,20). The molecule has 0 aliphatic heterocycles. The second kappa shape index (κ2) is 6.78. The topological polar surface area (TPSA) is 32.3 Å². The van der Waals surface area contributed by atoms with Crippen molar-refractivity contribution in [2.45, 2.75) is 58.5 Å². The van der Waals surface area contributed by atoms with Gasteiger partial charge in [-0.1, -0.05) is 30.5 Å². The van der Waals surface area contributed by atoms with E-state index >= 15 is 0 Å². The van der Waals surface area contributed by atoms with E-state index in [-0.39, 0.29) is 5.91 Å². The minimum absolute atomic E-state index is 0.145. The van der Waals surface area contributed by atoms with Crippen LogP contribution in [0.15, 0.2) is 24.3 Å². The molecule has 1 aromatic carbocycles. The lowest BCUT2D eigenvalue weighted by Crippen LogP contribution is -2.43. The van der Waals surface area contributed by atoms with Gasteiger partial charge < -0.3 is 10.2 Å². The molecule has 3 nitrogen and oxygen atoms in total. The highest BCUT2D eigenvalue weighted by molar-refractivity contribution is 5.81. The number of carbonyl (C=O) groups is 1. The van der Waals surface area contributed by atoms with Crippen LogP contribution >= 0.6 is 0 Å². The third-order valence-corrected chi connectivity index (χ3v) is 4.02. The minimum Gasteiger partial charge on any atom is -0.360 e. The summed E-state index contributed by atoms with van der Waals surface area (Å²) >= 11 is 0.